The Bertz CT molecular complexity index is 463. The average molecular weight is 282 g/mol. The fraction of sp³-hybridized carbons (Fsp3) is 0.600. The first-order chi connectivity index (χ1) is 9.49. The van der Waals surface area contributed by atoms with E-state index in [1.165, 1.54) is 6.07 Å². The Morgan fingerprint density at radius 1 is 1.30 bits per heavy atom. The van der Waals surface area contributed by atoms with Gasteiger partial charge in [0.05, 0.1) is 11.0 Å². The van der Waals surface area contributed by atoms with Gasteiger partial charge in [-0.1, -0.05) is 33.1 Å². The average Bonchev–Trinajstić information content (AvgIpc) is 2.39. The second-order valence-electron chi connectivity index (χ2n) is 5.15. The topological polar surface area (TPSA) is 55.2 Å². The number of nitrogens with one attached hydrogen (secondary N) is 1. The molecule has 0 aromatic heterocycles. The van der Waals surface area contributed by atoms with Gasteiger partial charge in [-0.25, -0.2) is 4.39 Å². The molecule has 1 aromatic rings. The molecule has 0 spiro atoms. The van der Waals surface area contributed by atoms with E-state index in [-0.39, 0.29) is 11.7 Å². The first-order valence-electron chi connectivity index (χ1n) is 7.20. The van der Waals surface area contributed by atoms with E-state index >= 15 is 0 Å². The number of aryl methyl sites for hydroxylation is 1. The molecule has 0 fully saturated rings. The van der Waals surface area contributed by atoms with E-state index in [4.69, 9.17) is 0 Å². The number of nitro groups is 1. The van der Waals surface area contributed by atoms with E-state index in [0.29, 0.717) is 11.3 Å². The standard InChI is InChI=1S/C15H23FN2O2/c1-4-6-8-12(7-5-2)17-14-9-11(3)13(16)10-15(14)18(19)20/h9-10,12,17H,4-8H2,1-3H3. The normalized spacial score (nSPS) is 12.2. The summed E-state index contributed by atoms with van der Waals surface area (Å²) in [6, 6.07) is 2.73. The van der Waals surface area contributed by atoms with Crippen molar-refractivity contribution in [3.05, 3.63) is 33.6 Å². The summed E-state index contributed by atoms with van der Waals surface area (Å²) in [6.45, 7) is 5.82. The van der Waals surface area contributed by atoms with Crippen LogP contribution < -0.4 is 5.32 Å². The van der Waals surface area contributed by atoms with Gasteiger partial charge in [0.15, 0.2) is 0 Å². The SMILES string of the molecule is CCCCC(CCC)Nc1cc(C)c(F)cc1[N+](=O)[O-]. The van der Waals surface area contributed by atoms with E-state index in [1.54, 1.807) is 6.92 Å². The molecule has 0 saturated heterocycles. The molecule has 0 aliphatic carbocycles. The minimum absolute atomic E-state index is 0.189. The Morgan fingerprint density at radius 3 is 2.55 bits per heavy atom. The molecule has 0 bridgehead atoms. The quantitative estimate of drug-likeness (QED) is 0.549. The first kappa shape index (κ1) is 16.4. The van der Waals surface area contributed by atoms with Gasteiger partial charge in [0.1, 0.15) is 11.5 Å². The van der Waals surface area contributed by atoms with Crippen molar-refractivity contribution in [2.75, 3.05) is 5.32 Å². The summed E-state index contributed by atoms with van der Waals surface area (Å²) in [5.74, 6) is -0.539. The van der Waals surface area contributed by atoms with Crippen LogP contribution >= 0.6 is 0 Å². The van der Waals surface area contributed by atoms with Gasteiger partial charge in [-0.3, -0.25) is 10.1 Å². The van der Waals surface area contributed by atoms with E-state index < -0.39 is 10.7 Å². The van der Waals surface area contributed by atoms with Gasteiger partial charge in [-0.05, 0) is 31.4 Å². The lowest BCUT2D eigenvalue weighted by atomic mass is 10.0. The number of rotatable bonds is 8. The summed E-state index contributed by atoms with van der Waals surface area (Å²) in [6.07, 6.45) is 5.10. The minimum Gasteiger partial charge on any atom is -0.377 e. The molecule has 4 nitrogen and oxygen atoms in total. The van der Waals surface area contributed by atoms with E-state index in [2.05, 4.69) is 19.2 Å². The molecule has 1 atom stereocenters. The van der Waals surface area contributed by atoms with Crippen molar-refractivity contribution in [2.45, 2.75) is 58.9 Å². The summed E-state index contributed by atoms with van der Waals surface area (Å²) in [5, 5.41) is 14.3. The molecule has 1 aromatic carbocycles. The molecule has 0 aliphatic heterocycles. The highest BCUT2D eigenvalue weighted by atomic mass is 19.1. The number of halogens is 1. The van der Waals surface area contributed by atoms with Crippen LogP contribution in [0, 0.1) is 22.9 Å². The van der Waals surface area contributed by atoms with Crippen molar-refractivity contribution in [1.29, 1.82) is 0 Å². The molecule has 1 rings (SSSR count). The molecule has 0 aliphatic rings. The molecular formula is C15H23FN2O2. The lowest BCUT2D eigenvalue weighted by molar-refractivity contribution is -0.384. The van der Waals surface area contributed by atoms with E-state index in [1.807, 2.05) is 0 Å². The molecule has 1 unspecified atom stereocenters. The smallest absolute Gasteiger partial charge is 0.295 e. The van der Waals surface area contributed by atoms with Gasteiger partial charge in [0, 0.05) is 6.04 Å². The molecule has 1 N–H and O–H groups in total. The third-order valence-electron chi connectivity index (χ3n) is 3.38. The highest BCUT2D eigenvalue weighted by Crippen LogP contribution is 2.29. The number of unbranched alkanes of at least 4 members (excludes halogenated alkanes) is 1. The lowest BCUT2D eigenvalue weighted by Crippen LogP contribution is -2.20. The van der Waals surface area contributed by atoms with Crippen molar-refractivity contribution in [2.24, 2.45) is 0 Å². The van der Waals surface area contributed by atoms with Crippen molar-refractivity contribution < 1.29 is 9.31 Å². The zero-order valence-corrected chi connectivity index (χ0v) is 12.4. The fourth-order valence-corrected chi connectivity index (χ4v) is 2.25. The number of benzene rings is 1. The zero-order chi connectivity index (χ0) is 15.1. The highest BCUT2D eigenvalue weighted by Gasteiger charge is 2.19. The summed E-state index contributed by atoms with van der Waals surface area (Å²) < 4.78 is 13.5. The molecule has 0 radical (unpaired) electrons. The van der Waals surface area contributed by atoms with Crippen LogP contribution in [0.2, 0.25) is 0 Å². The van der Waals surface area contributed by atoms with Gasteiger partial charge < -0.3 is 5.32 Å². The minimum atomic E-state index is -0.539. The highest BCUT2D eigenvalue weighted by molar-refractivity contribution is 5.63. The van der Waals surface area contributed by atoms with Crippen LogP contribution in [0.4, 0.5) is 15.8 Å². The predicted octanol–water partition coefficient (Wildman–Crippen LogP) is 4.81. The number of nitrogens with zero attached hydrogens (tertiary/aromatic N) is 1. The molecule has 0 amide bonds. The van der Waals surface area contributed by atoms with Crippen LogP contribution in [-0.2, 0) is 0 Å². The Labute approximate surface area is 119 Å². The van der Waals surface area contributed by atoms with Crippen molar-refractivity contribution in [1.82, 2.24) is 0 Å². The number of anilines is 1. The van der Waals surface area contributed by atoms with Crippen LogP contribution in [0.15, 0.2) is 12.1 Å². The third kappa shape index (κ3) is 4.47. The monoisotopic (exact) mass is 282 g/mol. The summed E-state index contributed by atoms with van der Waals surface area (Å²) in [7, 11) is 0. The predicted molar refractivity (Wildman–Crippen MR) is 79.6 cm³/mol. The fourth-order valence-electron chi connectivity index (χ4n) is 2.25. The van der Waals surface area contributed by atoms with Gasteiger partial charge in [0.25, 0.3) is 5.69 Å². The summed E-state index contributed by atoms with van der Waals surface area (Å²) in [4.78, 5) is 10.5. The van der Waals surface area contributed by atoms with E-state index in [9.17, 15) is 14.5 Å². The second kappa shape index (κ2) is 7.82. The number of nitro benzene ring substituents is 1. The second-order valence-corrected chi connectivity index (χ2v) is 5.15. The van der Waals surface area contributed by atoms with Crippen molar-refractivity contribution in [3.63, 3.8) is 0 Å². The molecule has 5 heteroatoms. The van der Waals surface area contributed by atoms with Crippen LogP contribution in [0.5, 0.6) is 0 Å². The third-order valence-corrected chi connectivity index (χ3v) is 3.38. The maximum atomic E-state index is 13.5. The Morgan fingerprint density at radius 2 is 2.00 bits per heavy atom. The van der Waals surface area contributed by atoms with Gasteiger partial charge in [0.2, 0.25) is 0 Å². The summed E-state index contributed by atoms with van der Waals surface area (Å²) >= 11 is 0. The van der Waals surface area contributed by atoms with Crippen molar-refractivity contribution in [3.8, 4) is 0 Å². The lowest BCUT2D eigenvalue weighted by Gasteiger charge is -2.19. The van der Waals surface area contributed by atoms with Gasteiger partial charge in [-0.2, -0.15) is 0 Å². The maximum Gasteiger partial charge on any atom is 0.295 e. The van der Waals surface area contributed by atoms with Crippen LogP contribution in [0.25, 0.3) is 0 Å². The van der Waals surface area contributed by atoms with Crippen LogP contribution in [-0.4, -0.2) is 11.0 Å². The molecule has 112 valence electrons. The molecule has 0 heterocycles. The largest absolute Gasteiger partial charge is 0.377 e. The Kier molecular flexibility index (Phi) is 6.42. The van der Waals surface area contributed by atoms with Gasteiger partial charge >= 0.3 is 0 Å². The number of hydrogen-bond donors (Lipinski definition) is 1. The van der Waals surface area contributed by atoms with Crippen molar-refractivity contribution >= 4 is 11.4 Å². The summed E-state index contributed by atoms with van der Waals surface area (Å²) in [5.41, 5.74) is 0.651. The van der Waals surface area contributed by atoms with Crippen LogP contribution in [0.1, 0.15) is 51.5 Å². The number of hydrogen-bond acceptors (Lipinski definition) is 3. The molecular weight excluding hydrogens is 259 g/mol. The Balaban J connectivity index is 2.98. The molecule has 0 saturated carbocycles. The maximum absolute atomic E-state index is 13.5. The van der Waals surface area contributed by atoms with E-state index in [0.717, 1.165) is 38.2 Å². The Hall–Kier alpha value is -1.65. The molecule has 20 heavy (non-hydrogen) atoms. The first-order valence-corrected chi connectivity index (χ1v) is 7.20. The zero-order valence-electron chi connectivity index (χ0n) is 12.4. The van der Waals surface area contributed by atoms with Gasteiger partial charge in [-0.15, -0.1) is 0 Å². The van der Waals surface area contributed by atoms with Crippen LogP contribution in [0.3, 0.4) is 0 Å².